The Hall–Kier alpha value is -1.81. The van der Waals surface area contributed by atoms with E-state index in [1.54, 1.807) is 11.3 Å². The number of thiazole rings is 1. The lowest BCUT2D eigenvalue weighted by Gasteiger charge is -2.33. The van der Waals surface area contributed by atoms with Gasteiger partial charge in [0, 0.05) is 41.6 Å². The number of rotatable bonds is 4. The molecule has 1 aliphatic rings. The van der Waals surface area contributed by atoms with E-state index in [1.165, 1.54) is 22.5 Å². The Balaban J connectivity index is 1.46. The van der Waals surface area contributed by atoms with Gasteiger partial charge in [-0.1, -0.05) is 34.1 Å². The molecule has 2 aromatic carbocycles. The first kappa shape index (κ1) is 19.5. The number of aromatic nitrogens is 1. The highest BCUT2D eigenvalue weighted by atomic mass is 79.9. The first-order chi connectivity index (χ1) is 13.4. The summed E-state index contributed by atoms with van der Waals surface area (Å²) in [5.41, 5.74) is 1.93. The monoisotopic (exact) mass is 481 g/mol. The molecule has 0 aliphatic carbocycles. The van der Waals surface area contributed by atoms with Gasteiger partial charge in [-0.3, -0.25) is 0 Å². The molecule has 0 radical (unpaired) electrons. The number of halogens is 2. The molecule has 0 bridgehead atoms. The molecule has 2 heterocycles. The molecule has 0 spiro atoms. The number of anilines is 1. The number of piperazine rings is 1. The van der Waals surface area contributed by atoms with Crippen LogP contribution in [0.2, 0.25) is 0 Å². The normalized spacial score (nSPS) is 15.7. The molecular formula is C19H17BrFN3O2S2. The molecule has 0 unspecified atom stereocenters. The van der Waals surface area contributed by atoms with Gasteiger partial charge in [-0.25, -0.2) is 17.8 Å². The van der Waals surface area contributed by atoms with Gasteiger partial charge in [0.05, 0.1) is 10.6 Å². The average Bonchev–Trinajstić information content (AvgIpc) is 3.18. The third-order valence-corrected chi connectivity index (χ3v) is 7.84. The highest BCUT2D eigenvalue weighted by Gasteiger charge is 2.29. The van der Waals surface area contributed by atoms with Crippen LogP contribution in [0.15, 0.2) is 63.3 Å². The van der Waals surface area contributed by atoms with Gasteiger partial charge in [-0.2, -0.15) is 4.31 Å². The van der Waals surface area contributed by atoms with Gasteiger partial charge < -0.3 is 4.90 Å². The van der Waals surface area contributed by atoms with Crippen molar-refractivity contribution in [3.8, 4) is 11.3 Å². The van der Waals surface area contributed by atoms with Crippen molar-refractivity contribution in [3.63, 3.8) is 0 Å². The van der Waals surface area contributed by atoms with Crippen LogP contribution in [0, 0.1) is 5.82 Å². The van der Waals surface area contributed by atoms with E-state index in [0.29, 0.717) is 26.2 Å². The predicted octanol–water partition coefficient (Wildman–Crippen LogP) is 4.22. The molecule has 0 saturated carbocycles. The Morgan fingerprint density at radius 1 is 1.04 bits per heavy atom. The highest BCUT2D eigenvalue weighted by molar-refractivity contribution is 9.10. The Kier molecular flexibility index (Phi) is 5.50. The molecule has 146 valence electrons. The number of hydrogen-bond acceptors (Lipinski definition) is 5. The fourth-order valence-corrected chi connectivity index (χ4v) is 5.83. The van der Waals surface area contributed by atoms with Crippen LogP contribution in [0.25, 0.3) is 11.3 Å². The standard InChI is InChI=1S/C19H17BrFN3O2S2/c20-15-4-1-3-14(11-15)18-13-27-19(22-18)23-7-9-24(10-8-23)28(25,26)17-6-2-5-16(21)12-17/h1-6,11-13H,7-10H2. The van der Waals surface area contributed by atoms with Gasteiger partial charge in [0.1, 0.15) is 5.82 Å². The first-order valence-corrected chi connectivity index (χ1v) is 11.8. The molecule has 1 saturated heterocycles. The maximum Gasteiger partial charge on any atom is 0.243 e. The van der Waals surface area contributed by atoms with Crippen molar-refractivity contribution in [1.29, 1.82) is 0 Å². The van der Waals surface area contributed by atoms with Crippen LogP contribution >= 0.6 is 27.3 Å². The van der Waals surface area contributed by atoms with E-state index >= 15 is 0 Å². The minimum atomic E-state index is -3.69. The van der Waals surface area contributed by atoms with Gasteiger partial charge in [0.2, 0.25) is 10.0 Å². The van der Waals surface area contributed by atoms with Gasteiger partial charge in [-0.05, 0) is 30.3 Å². The van der Waals surface area contributed by atoms with Crippen molar-refractivity contribution in [2.24, 2.45) is 0 Å². The fourth-order valence-electron chi connectivity index (χ4n) is 3.09. The smallest absolute Gasteiger partial charge is 0.243 e. The SMILES string of the molecule is O=S(=O)(c1cccc(F)c1)N1CCN(c2nc(-c3cccc(Br)c3)cs2)CC1. The van der Waals surface area contributed by atoms with Gasteiger partial charge in [0.25, 0.3) is 0 Å². The first-order valence-electron chi connectivity index (χ1n) is 8.65. The largest absolute Gasteiger partial charge is 0.345 e. The molecule has 1 fully saturated rings. The lowest BCUT2D eigenvalue weighted by molar-refractivity contribution is 0.384. The zero-order valence-corrected chi connectivity index (χ0v) is 18.0. The summed E-state index contributed by atoms with van der Waals surface area (Å²) >= 11 is 5.02. The summed E-state index contributed by atoms with van der Waals surface area (Å²) in [6.07, 6.45) is 0. The van der Waals surface area contributed by atoms with Crippen molar-refractivity contribution >= 4 is 42.4 Å². The van der Waals surface area contributed by atoms with E-state index in [4.69, 9.17) is 4.98 Å². The summed E-state index contributed by atoms with van der Waals surface area (Å²) in [6, 6.07) is 13.1. The van der Waals surface area contributed by atoms with Crippen molar-refractivity contribution < 1.29 is 12.8 Å². The third kappa shape index (κ3) is 3.98. The molecule has 9 heteroatoms. The third-order valence-electron chi connectivity index (χ3n) is 4.56. The average molecular weight is 482 g/mol. The molecule has 0 atom stereocenters. The minimum Gasteiger partial charge on any atom is -0.345 e. The summed E-state index contributed by atoms with van der Waals surface area (Å²) in [4.78, 5) is 6.79. The Morgan fingerprint density at radius 2 is 1.79 bits per heavy atom. The van der Waals surface area contributed by atoms with Crippen molar-refractivity contribution in [1.82, 2.24) is 9.29 Å². The van der Waals surface area contributed by atoms with Crippen LogP contribution in [-0.4, -0.2) is 43.9 Å². The molecule has 1 aliphatic heterocycles. The van der Waals surface area contributed by atoms with E-state index in [9.17, 15) is 12.8 Å². The van der Waals surface area contributed by atoms with Gasteiger partial charge in [-0.15, -0.1) is 11.3 Å². The quantitative estimate of drug-likeness (QED) is 0.559. The van der Waals surface area contributed by atoms with Crippen LogP contribution in [0.5, 0.6) is 0 Å². The number of nitrogens with zero attached hydrogens (tertiary/aromatic N) is 3. The van der Waals surface area contributed by atoms with Crippen LogP contribution in [0.1, 0.15) is 0 Å². The zero-order chi connectivity index (χ0) is 19.7. The summed E-state index contributed by atoms with van der Waals surface area (Å²) in [6.45, 7) is 1.76. The molecule has 0 amide bonds. The van der Waals surface area contributed by atoms with E-state index in [1.807, 2.05) is 29.6 Å². The zero-order valence-electron chi connectivity index (χ0n) is 14.8. The summed E-state index contributed by atoms with van der Waals surface area (Å²) in [5, 5.41) is 2.88. The fraction of sp³-hybridized carbons (Fsp3) is 0.211. The van der Waals surface area contributed by atoms with Crippen molar-refractivity contribution in [2.45, 2.75) is 4.90 Å². The topological polar surface area (TPSA) is 53.5 Å². The maximum atomic E-state index is 13.4. The predicted molar refractivity (Wildman–Crippen MR) is 113 cm³/mol. The molecule has 1 aromatic heterocycles. The molecule has 3 aromatic rings. The second-order valence-electron chi connectivity index (χ2n) is 6.37. The Bertz CT molecular complexity index is 1100. The van der Waals surface area contributed by atoms with Crippen LogP contribution in [0.3, 0.4) is 0 Å². The van der Waals surface area contributed by atoms with E-state index < -0.39 is 15.8 Å². The van der Waals surface area contributed by atoms with E-state index in [0.717, 1.165) is 26.9 Å². The lowest BCUT2D eigenvalue weighted by Crippen LogP contribution is -2.48. The Morgan fingerprint density at radius 3 is 2.50 bits per heavy atom. The maximum absolute atomic E-state index is 13.4. The van der Waals surface area contributed by atoms with E-state index in [2.05, 4.69) is 20.8 Å². The van der Waals surface area contributed by atoms with Crippen molar-refractivity contribution in [2.75, 3.05) is 31.1 Å². The Labute approximate surface area is 175 Å². The van der Waals surface area contributed by atoms with E-state index in [-0.39, 0.29) is 4.90 Å². The number of hydrogen-bond donors (Lipinski definition) is 0. The molecular weight excluding hydrogens is 465 g/mol. The second-order valence-corrected chi connectivity index (χ2v) is 10.1. The van der Waals surface area contributed by atoms with Gasteiger partial charge in [0.15, 0.2) is 5.13 Å². The molecule has 4 rings (SSSR count). The number of benzene rings is 2. The highest BCUT2D eigenvalue weighted by Crippen LogP contribution is 2.30. The summed E-state index contributed by atoms with van der Waals surface area (Å²) in [7, 11) is -3.69. The molecule has 28 heavy (non-hydrogen) atoms. The molecule has 0 N–H and O–H groups in total. The molecule has 5 nitrogen and oxygen atoms in total. The lowest BCUT2D eigenvalue weighted by atomic mass is 10.2. The van der Waals surface area contributed by atoms with Crippen LogP contribution < -0.4 is 4.90 Å². The van der Waals surface area contributed by atoms with Crippen LogP contribution in [0.4, 0.5) is 9.52 Å². The number of sulfonamides is 1. The van der Waals surface area contributed by atoms with Gasteiger partial charge >= 0.3 is 0 Å². The van der Waals surface area contributed by atoms with Crippen molar-refractivity contribution in [3.05, 3.63) is 64.2 Å². The minimum absolute atomic E-state index is 0.00728. The second kappa shape index (κ2) is 7.90. The summed E-state index contributed by atoms with van der Waals surface area (Å²) < 4.78 is 41.3. The summed E-state index contributed by atoms with van der Waals surface area (Å²) in [5.74, 6) is -0.553. The van der Waals surface area contributed by atoms with Crippen LogP contribution in [-0.2, 0) is 10.0 Å².